The summed E-state index contributed by atoms with van der Waals surface area (Å²) in [6.45, 7) is 0. The van der Waals surface area contributed by atoms with Gasteiger partial charge in [0.2, 0.25) is 11.9 Å². The number of rotatable bonds is 5. The van der Waals surface area contributed by atoms with E-state index in [0.29, 0.717) is 33.3 Å². The molecule has 0 aliphatic heterocycles. The van der Waals surface area contributed by atoms with Crippen LogP contribution in [0.4, 0.5) is 11.9 Å². The molecular weight excluding hydrogens is 426 g/mol. The van der Waals surface area contributed by atoms with Crippen LogP contribution in [-0.2, 0) is 0 Å². The van der Waals surface area contributed by atoms with Crippen molar-refractivity contribution in [3.63, 3.8) is 0 Å². The van der Waals surface area contributed by atoms with Gasteiger partial charge in [-0.2, -0.15) is 0 Å². The summed E-state index contributed by atoms with van der Waals surface area (Å²) in [6, 6.07) is 9.81. The third-order valence-corrected chi connectivity index (χ3v) is 5.00. The molecule has 3 heterocycles. The molecule has 164 valence electrons. The van der Waals surface area contributed by atoms with Crippen LogP contribution >= 0.6 is 0 Å². The minimum atomic E-state index is -0.536. The Morgan fingerprint density at radius 3 is 2.67 bits per heavy atom. The number of carbonyl (C=O) groups is 2. The highest BCUT2D eigenvalue weighted by molar-refractivity contribution is 6.13. The summed E-state index contributed by atoms with van der Waals surface area (Å²) >= 11 is 0. The van der Waals surface area contributed by atoms with Crippen LogP contribution in [0.1, 0.15) is 20.8 Å². The number of para-hydroxylation sites is 1. The zero-order valence-corrected chi connectivity index (χ0v) is 17.2. The number of phenols is 1. The maximum atomic E-state index is 13.0. The number of benzene rings is 2. The molecule has 2 amide bonds. The number of pyridine rings is 1. The van der Waals surface area contributed by atoms with Crippen molar-refractivity contribution in [2.45, 2.75) is 0 Å². The van der Waals surface area contributed by atoms with Gasteiger partial charge in [0.1, 0.15) is 11.2 Å². The predicted octanol–water partition coefficient (Wildman–Crippen LogP) is 3.05. The van der Waals surface area contributed by atoms with E-state index in [1.165, 1.54) is 25.6 Å². The maximum Gasteiger partial charge on any atom is 0.277 e. The summed E-state index contributed by atoms with van der Waals surface area (Å²) in [6.07, 6.45) is 4.61. The molecule has 3 aromatic heterocycles. The van der Waals surface area contributed by atoms with Crippen molar-refractivity contribution in [1.29, 1.82) is 0 Å². The minimum Gasteiger partial charge on any atom is -0.504 e. The van der Waals surface area contributed by atoms with Crippen molar-refractivity contribution in [3.05, 3.63) is 66.2 Å². The van der Waals surface area contributed by atoms with Gasteiger partial charge in [-0.1, -0.05) is 6.07 Å². The number of ether oxygens (including phenoxy) is 1. The number of hydrogen-bond donors (Lipinski definition) is 5. The molecule has 0 aliphatic rings. The molecule has 5 N–H and O–H groups in total. The molecule has 0 bridgehead atoms. The van der Waals surface area contributed by atoms with Crippen molar-refractivity contribution >= 4 is 45.5 Å². The number of aromatic amines is 2. The molecule has 0 atom stereocenters. The lowest BCUT2D eigenvalue weighted by Crippen LogP contribution is -2.15. The lowest BCUT2D eigenvalue weighted by atomic mass is 10.1. The van der Waals surface area contributed by atoms with Gasteiger partial charge in [0.05, 0.1) is 18.2 Å². The van der Waals surface area contributed by atoms with E-state index in [0.717, 1.165) is 0 Å². The number of aromatic hydroxyl groups is 1. The van der Waals surface area contributed by atoms with E-state index in [4.69, 9.17) is 4.74 Å². The number of aromatic nitrogens is 5. The quantitative estimate of drug-likeness (QED) is 0.279. The molecule has 0 spiro atoms. The SMILES string of the molecule is COc1cc2ccnc(C(=O)Nc3nc4c(C(=O)Nc5ncc[nH]5)cccc4[nH]3)c2cc1O. The monoisotopic (exact) mass is 443 g/mol. The molecule has 0 unspecified atom stereocenters. The van der Waals surface area contributed by atoms with Gasteiger partial charge in [-0.3, -0.25) is 25.2 Å². The highest BCUT2D eigenvalue weighted by Crippen LogP contribution is 2.32. The number of fused-ring (bicyclic) bond motifs is 2. The second-order valence-electron chi connectivity index (χ2n) is 7.04. The Kier molecular flexibility index (Phi) is 4.83. The van der Waals surface area contributed by atoms with E-state index in [1.807, 2.05) is 0 Å². The Labute approximate surface area is 185 Å². The van der Waals surface area contributed by atoms with Crippen molar-refractivity contribution in [2.75, 3.05) is 17.7 Å². The zero-order valence-electron chi connectivity index (χ0n) is 17.2. The van der Waals surface area contributed by atoms with Crippen LogP contribution in [0.25, 0.3) is 21.8 Å². The van der Waals surface area contributed by atoms with Gasteiger partial charge in [0, 0.05) is 24.0 Å². The highest BCUT2D eigenvalue weighted by Gasteiger charge is 2.18. The molecule has 2 aromatic carbocycles. The van der Waals surface area contributed by atoms with Crippen LogP contribution < -0.4 is 15.4 Å². The van der Waals surface area contributed by atoms with Crippen LogP contribution in [0.15, 0.2) is 55.0 Å². The van der Waals surface area contributed by atoms with Crippen LogP contribution in [0, 0.1) is 0 Å². The summed E-state index contributed by atoms with van der Waals surface area (Å²) in [5.41, 5.74) is 1.35. The number of nitrogens with one attached hydrogen (secondary N) is 4. The standard InChI is InChI=1S/C22H17N7O4/c1-33-16-9-11-5-6-23-18(13(11)10-15(16)30)20(32)29-22-26-14-4-2-3-12(17(14)27-22)19(31)28-21-24-7-8-25-21/h2-10,30H,1H3,(H2,24,25,28,31)(H2,26,27,29,32). The fourth-order valence-corrected chi connectivity index (χ4v) is 3.48. The fourth-order valence-electron chi connectivity index (χ4n) is 3.48. The lowest BCUT2D eigenvalue weighted by Gasteiger charge is -2.08. The molecule has 0 aliphatic carbocycles. The summed E-state index contributed by atoms with van der Waals surface area (Å²) < 4.78 is 5.12. The molecule has 5 rings (SSSR count). The van der Waals surface area contributed by atoms with Crippen LogP contribution in [0.5, 0.6) is 11.5 Å². The summed E-state index contributed by atoms with van der Waals surface area (Å²) in [5, 5.41) is 16.6. The smallest absolute Gasteiger partial charge is 0.277 e. The van der Waals surface area contributed by atoms with Gasteiger partial charge in [-0.05, 0) is 35.7 Å². The van der Waals surface area contributed by atoms with Gasteiger partial charge in [-0.25, -0.2) is 9.97 Å². The minimum absolute atomic E-state index is 0.0988. The molecule has 0 radical (unpaired) electrons. The number of carbonyl (C=O) groups excluding carboxylic acids is 2. The number of anilines is 2. The first kappa shape index (κ1) is 20.0. The molecule has 0 saturated carbocycles. The normalized spacial score (nSPS) is 10.9. The third kappa shape index (κ3) is 3.67. The first-order valence-corrected chi connectivity index (χ1v) is 9.80. The van der Waals surface area contributed by atoms with Gasteiger partial charge < -0.3 is 19.8 Å². The van der Waals surface area contributed by atoms with Gasteiger partial charge in [-0.15, -0.1) is 0 Å². The zero-order chi connectivity index (χ0) is 22.9. The van der Waals surface area contributed by atoms with Crippen LogP contribution in [-0.4, -0.2) is 49.0 Å². The average Bonchev–Trinajstić information content (AvgIpc) is 3.47. The largest absolute Gasteiger partial charge is 0.504 e. The molecule has 11 heteroatoms. The van der Waals surface area contributed by atoms with E-state index >= 15 is 0 Å². The highest BCUT2D eigenvalue weighted by atomic mass is 16.5. The molecule has 0 saturated heterocycles. The van der Waals surface area contributed by atoms with Gasteiger partial charge in [0.15, 0.2) is 11.5 Å². The van der Waals surface area contributed by atoms with Crippen molar-refractivity contribution in [3.8, 4) is 11.5 Å². The number of H-pyrrole nitrogens is 2. The van der Waals surface area contributed by atoms with E-state index in [1.54, 1.807) is 36.5 Å². The number of imidazole rings is 2. The van der Waals surface area contributed by atoms with Crippen molar-refractivity contribution in [2.24, 2.45) is 0 Å². The molecule has 11 nitrogen and oxygen atoms in total. The Morgan fingerprint density at radius 2 is 1.88 bits per heavy atom. The topological polar surface area (TPSA) is 158 Å². The average molecular weight is 443 g/mol. The van der Waals surface area contributed by atoms with Gasteiger partial charge in [0.25, 0.3) is 11.8 Å². The Balaban J connectivity index is 1.46. The van der Waals surface area contributed by atoms with E-state index in [2.05, 4.69) is 35.6 Å². The van der Waals surface area contributed by atoms with Crippen molar-refractivity contribution < 1.29 is 19.4 Å². The summed E-state index contributed by atoms with van der Waals surface area (Å²) in [4.78, 5) is 43.9. The predicted molar refractivity (Wildman–Crippen MR) is 121 cm³/mol. The first-order chi connectivity index (χ1) is 16.0. The number of phenolic OH excluding ortho intramolecular Hbond substituents is 1. The van der Waals surface area contributed by atoms with Gasteiger partial charge >= 0.3 is 0 Å². The molecule has 5 aromatic rings. The number of hydrogen-bond acceptors (Lipinski definition) is 7. The summed E-state index contributed by atoms with van der Waals surface area (Å²) in [7, 11) is 1.44. The third-order valence-electron chi connectivity index (χ3n) is 5.00. The first-order valence-electron chi connectivity index (χ1n) is 9.80. The number of amides is 2. The Hall–Kier alpha value is -4.93. The summed E-state index contributed by atoms with van der Waals surface area (Å²) in [5.74, 6) is -0.306. The molecule has 33 heavy (non-hydrogen) atoms. The fraction of sp³-hybridized carbons (Fsp3) is 0.0455. The van der Waals surface area contributed by atoms with E-state index in [9.17, 15) is 14.7 Å². The van der Waals surface area contributed by atoms with Crippen LogP contribution in [0.2, 0.25) is 0 Å². The molecule has 0 fully saturated rings. The van der Waals surface area contributed by atoms with E-state index < -0.39 is 11.8 Å². The van der Waals surface area contributed by atoms with Crippen molar-refractivity contribution in [1.82, 2.24) is 24.9 Å². The lowest BCUT2D eigenvalue weighted by molar-refractivity contribution is 0.101. The second kappa shape index (κ2) is 7.96. The Morgan fingerprint density at radius 1 is 1.03 bits per heavy atom. The van der Waals surface area contributed by atoms with E-state index in [-0.39, 0.29) is 23.1 Å². The second-order valence-corrected chi connectivity index (χ2v) is 7.04. The van der Waals surface area contributed by atoms with Crippen LogP contribution in [0.3, 0.4) is 0 Å². The Bertz CT molecular complexity index is 1510. The maximum absolute atomic E-state index is 13.0. The number of methoxy groups -OCH3 is 1. The number of nitrogens with zero attached hydrogens (tertiary/aromatic N) is 3. The molecular formula is C22H17N7O4.